The molecule has 3 aromatic rings. The first kappa shape index (κ1) is 19.6. The van der Waals surface area contributed by atoms with Crippen LogP contribution in [0.1, 0.15) is 21.5 Å². The lowest BCUT2D eigenvalue weighted by molar-refractivity contribution is -0.121. The summed E-state index contributed by atoms with van der Waals surface area (Å²) in [7, 11) is 0. The van der Waals surface area contributed by atoms with Gasteiger partial charge in [0, 0.05) is 12.1 Å². The molecule has 0 spiro atoms. The van der Waals surface area contributed by atoms with Crippen molar-refractivity contribution in [2.24, 2.45) is 0 Å². The number of ether oxygens (including phenoxy) is 1. The lowest BCUT2D eigenvalue weighted by Gasteiger charge is -2.30. The van der Waals surface area contributed by atoms with E-state index in [9.17, 15) is 18.4 Å². The molecule has 0 bridgehead atoms. The molecule has 2 amide bonds. The normalized spacial score (nSPS) is 12.9. The number of rotatable bonds is 5. The molecule has 30 heavy (non-hydrogen) atoms. The molecule has 7 heteroatoms. The minimum absolute atomic E-state index is 0.107. The predicted molar refractivity (Wildman–Crippen MR) is 107 cm³/mol. The quantitative estimate of drug-likeness (QED) is 0.698. The Balaban J connectivity index is 1.53. The van der Waals surface area contributed by atoms with Crippen LogP contribution in [-0.4, -0.2) is 18.4 Å². The van der Waals surface area contributed by atoms with Gasteiger partial charge < -0.3 is 15.0 Å². The van der Waals surface area contributed by atoms with E-state index in [4.69, 9.17) is 4.74 Å². The van der Waals surface area contributed by atoms with Crippen LogP contribution < -0.4 is 15.0 Å². The van der Waals surface area contributed by atoms with Crippen molar-refractivity contribution in [3.63, 3.8) is 0 Å². The molecule has 1 aliphatic rings. The molecular formula is C23H18F2N2O3. The second-order valence-electron chi connectivity index (χ2n) is 6.89. The lowest BCUT2D eigenvalue weighted by Crippen LogP contribution is -2.38. The van der Waals surface area contributed by atoms with Crippen LogP contribution in [0.4, 0.5) is 14.5 Å². The molecule has 5 nitrogen and oxygen atoms in total. The van der Waals surface area contributed by atoms with Gasteiger partial charge in [-0.1, -0.05) is 24.3 Å². The van der Waals surface area contributed by atoms with Crippen molar-refractivity contribution in [2.75, 3.05) is 11.5 Å². The molecule has 0 radical (unpaired) electrons. The predicted octanol–water partition coefficient (Wildman–Crippen LogP) is 3.82. The first-order valence-electron chi connectivity index (χ1n) is 9.34. The number of carbonyl (C=O) groups excluding carboxylic acids is 2. The van der Waals surface area contributed by atoms with Crippen LogP contribution in [0.15, 0.2) is 66.7 Å². The van der Waals surface area contributed by atoms with Gasteiger partial charge in [-0.15, -0.1) is 0 Å². The average molecular weight is 408 g/mol. The zero-order chi connectivity index (χ0) is 21.1. The molecule has 1 N–H and O–H groups in total. The molecule has 0 fully saturated rings. The van der Waals surface area contributed by atoms with Gasteiger partial charge in [-0.3, -0.25) is 9.59 Å². The highest BCUT2D eigenvalue weighted by Gasteiger charge is 2.26. The smallest absolute Gasteiger partial charge is 0.265 e. The summed E-state index contributed by atoms with van der Waals surface area (Å²) < 4.78 is 31.7. The van der Waals surface area contributed by atoms with Gasteiger partial charge in [-0.25, -0.2) is 8.78 Å². The summed E-state index contributed by atoms with van der Waals surface area (Å²) in [5, 5.41) is 2.78. The first-order chi connectivity index (χ1) is 14.5. The third-order valence-electron chi connectivity index (χ3n) is 4.78. The standard InChI is InChI=1S/C23H18F2N2O3/c24-18-6-1-15(2-7-18)12-26-23(29)17-5-10-21-20(11-17)27(22(28)14-30-21)13-16-3-8-19(25)9-4-16/h1-11H,12-14H2,(H,26,29). The molecular weight excluding hydrogens is 390 g/mol. The van der Waals surface area contributed by atoms with E-state index in [0.29, 0.717) is 17.0 Å². The number of benzene rings is 3. The SMILES string of the molecule is O=C(NCc1ccc(F)cc1)c1ccc2c(c1)N(Cc1ccc(F)cc1)C(=O)CO2. The van der Waals surface area contributed by atoms with Gasteiger partial charge in [0.1, 0.15) is 17.4 Å². The summed E-state index contributed by atoms with van der Waals surface area (Å²) in [4.78, 5) is 26.5. The topological polar surface area (TPSA) is 58.6 Å². The molecule has 0 saturated carbocycles. The summed E-state index contributed by atoms with van der Waals surface area (Å²) >= 11 is 0. The van der Waals surface area contributed by atoms with Crippen LogP contribution in [0, 0.1) is 11.6 Å². The first-order valence-corrected chi connectivity index (χ1v) is 9.34. The number of nitrogens with zero attached hydrogens (tertiary/aromatic N) is 1. The van der Waals surface area contributed by atoms with Gasteiger partial charge in [-0.05, 0) is 53.6 Å². The van der Waals surface area contributed by atoms with Crippen molar-refractivity contribution in [1.82, 2.24) is 5.32 Å². The average Bonchev–Trinajstić information content (AvgIpc) is 2.76. The summed E-state index contributed by atoms with van der Waals surface area (Å²) in [6.07, 6.45) is 0. The van der Waals surface area contributed by atoms with Crippen molar-refractivity contribution < 1.29 is 23.1 Å². The molecule has 0 atom stereocenters. The number of halogens is 2. The van der Waals surface area contributed by atoms with Gasteiger partial charge in [0.2, 0.25) is 0 Å². The number of nitrogens with one attached hydrogen (secondary N) is 1. The molecule has 0 unspecified atom stereocenters. The Kier molecular flexibility index (Phi) is 5.43. The van der Waals surface area contributed by atoms with Gasteiger partial charge in [0.25, 0.3) is 11.8 Å². The van der Waals surface area contributed by atoms with Crippen molar-refractivity contribution in [3.8, 4) is 5.75 Å². The third-order valence-corrected chi connectivity index (χ3v) is 4.78. The molecule has 0 aliphatic carbocycles. The fraction of sp³-hybridized carbons (Fsp3) is 0.130. The third kappa shape index (κ3) is 4.30. The van der Waals surface area contributed by atoms with Gasteiger partial charge in [0.05, 0.1) is 12.2 Å². The lowest BCUT2D eigenvalue weighted by atomic mass is 10.1. The van der Waals surface area contributed by atoms with Crippen LogP contribution >= 0.6 is 0 Å². The zero-order valence-electron chi connectivity index (χ0n) is 15.9. The van der Waals surface area contributed by atoms with Crippen molar-refractivity contribution >= 4 is 17.5 Å². The molecule has 4 rings (SSSR count). The van der Waals surface area contributed by atoms with E-state index >= 15 is 0 Å². The second-order valence-corrected chi connectivity index (χ2v) is 6.89. The highest BCUT2D eigenvalue weighted by molar-refractivity contribution is 6.01. The van der Waals surface area contributed by atoms with Crippen LogP contribution in [0.2, 0.25) is 0 Å². The van der Waals surface area contributed by atoms with E-state index in [2.05, 4.69) is 5.32 Å². The Bertz CT molecular complexity index is 1080. The Hall–Kier alpha value is -3.74. The minimum atomic E-state index is -0.354. The monoisotopic (exact) mass is 408 g/mol. The van der Waals surface area contributed by atoms with E-state index in [1.165, 1.54) is 29.2 Å². The Morgan fingerprint density at radius 2 is 1.57 bits per heavy atom. The largest absolute Gasteiger partial charge is 0.482 e. The summed E-state index contributed by atoms with van der Waals surface area (Å²) in [5.41, 5.74) is 2.35. The van der Waals surface area contributed by atoms with Crippen LogP contribution in [0.25, 0.3) is 0 Å². The van der Waals surface area contributed by atoms with E-state index in [1.54, 1.807) is 42.5 Å². The molecule has 152 valence electrons. The van der Waals surface area contributed by atoms with Gasteiger partial charge in [0.15, 0.2) is 6.61 Å². The van der Waals surface area contributed by atoms with Crippen LogP contribution in [0.5, 0.6) is 5.75 Å². The maximum absolute atomic E-state index is 13.2. The second kappa shape index (κ2) is 8.32. The molecule has 1 heterocycles. The Labute approximate surface area is 171 Å². The number of hydrogen-bond donors (Lipinski definition) is 1. The highest BCUT2D eigenvalue weighted by Crippen LogP contribution is 2.34. The number of amides is 2. The summed E-state index contributed by atoms with van der Waals surface area (Å²) in [5.74, 6) is -0.789. The number of carbonyl (C=O) groups is 2. The fourth-order valence-electron chi connectivity index (χ4n) is 3.18. The van der Waals surface area contributed by atoms with E-state index < -0.39 is 0 Å². The maximum atomic E-state index is 13.2. The Morgan fingerprint density at radius 3 is 2.23 bits per heavy atom. The van der Waals surface area contributed by atoms with Gasteiger partial charge in [-0.2, -0.15) is 0 Å². The molecule has 0 aromatic heterocycles. The molecule has 1 aliphatic heterocycles. The van der Waals surface area contributed by atoms with E-state index in [1.807, 2.05) is 0 Å². The maximum Gasteiger partial charge on any atom is 0.265 e. The summed E-state index contributed by atoms with van der Waals surface area (Å²) in [6, 6.07) is 16.6. The van der Waals surface area contributed by atoms with Crippen LogP contribution in [-0.2, 0) is 17.9 Å². The highest BCUT2D eigenvalue weighted by atomic mass is 19.1. The van der Waals surface area contributed by atoms with E-state index in [0.717, 1.165) is 11.1 Å². The summed E-state index contributed by atoms with van der Waals surface area (Å²) in [6.45, 7) is 0.366. The molecule has 3 aromatic carbocycles. The van der Waals surface area contributed by atoms with E-state index in [-0.39, 0.29) is 43.1 Å². The number of hydrogen-bond acceptors (Lipinski definition) is 3. The minimum Gasteiger partial charge on any atom is -0.482 e. The zero-order valence-corrected chi connectivity index (χ0v) is 15.9. The fourth-order valence-corrected chi connectivity index (χ4v) is 3.18. The number of anilines is 1. The van der Waals surface area contributed by atoms with Crippen molar-refractivity contribution in [1.29, 1.82) is 0 Å². The number of fused-ring (bicyclic) bond motifs is 1. The van der Waals surface area contributed by atoms with Gasteiger partial charge >= 0.3 is 0 Å². The van der Waals surface area contributed by atoms with Crippen molar-refractivity contribution in [3.05, 3.63) is 95.1 Å². The van der Waals surface area contributed by atoms with Crippen molar-refractivity contribution in [2.45, 2.75) is 13.1 Å². The van der Waals surface area contributed by atoms with Crippen LogP contribution in [0.3, 0.4) is 0 Å². The Morgan fingerprint density at radius 1 is 0.933 bits per heavy atom. The molecule has 0 saturated heterocycles.